The summed E-state index contributed by atoms with van der Waals surface area (Å²) in [6, 6.07) is 11.2. The van der Waals surface area contributed by atoms with Gasteiger partial charge < -0.3 is 19.8 Å². The molecule has 1 aliphatic heterocycles. The van der Waals surface area contributed by atoms with Crippen LogP contribution < -0.4 is 0 Å². The normalized spacial score (nSPS) is 21.9. The highest BCUT2D eigenvalue weighted by Crippen LogP contribution is 2.41. The Labute approximate surface area is 177 Å². The van der Waals surface area contributed by atoms with Gasteiger partial charge in [-0.3, -0.25) is 10.1 Å². The maximum atomic E-state index is 12.9. The number of allylic oxidation sites excluding steroid dienone is 1. The molecule has 1 fully saturated rings. The molecule has 0 spiro atoms. The molecule has 2 aliphatic rings. The predicted octanol–water partition coefficient (Wildman–Crippen LogP) is 1.14. The van der Waals surface area contributed by atoms with E-state index in [0.717, 1.165) is 6.07 Å². The number of morpholine rings is 1. The third-order valence-electron chi connectivity index (χ3n) is 5.12. The van der Waals surface area contributed by atoms with Gasteiger partial charge in [0, 0.05) is 36.3 Å². The minimum atomic E-state index is -4.30. The van der Waals surface area contributed by atoms with E-state index in [4.69, 9.17) is 4.74 Å². The molecule has 162 valence electrons. The molecule has 2 aromatic carbocycles. The van der Waals surface area contributed by atoms with Gasteiger partial charge in [0.15, 0.2) is 0 Å². The number of aliphatic hydroxyl groups is 2. The molecule has 0 bridgehead atoms. The van der Waals surface area contributed by atoms with Crippen LogP contribution in [0, 0.1) is 10.1 Å². The van der Waals surface area contributed by atoms with Crippen LogP contribution in [-0.4, -0.2) is 60.5 Å². The molecular weight excluding hydrogens is 426 g/mol. The molecule has 2 aromatic rings. The fourth-order valence-electron chi connectivity index (χ4n) is 3.69. The molecule has 0 saturated carbocycles. The number of nitro benzene ring substituents is 1. The van der Waals surface area contributed by atoms with Gasteiger partial charge in [0.2, 0.25) is 5.79 Å². The second-order valence-electron chi connectivity index (χ2n) is 6.98. The Kier molecular flexibility index (Phi) is 5.35. The number of fused-ring (bicyclic) bond motifs is 3. The summed E-state index contributed by atoms with van der Waals surface area (Å²) < 4.78 is 35.5. The lowest BCUT2D eigenvalue weighted by Crippen LogP contribution is -2.50. The van der Waals surface area contributed by atoms with Crippen molar-refractivity contribution in [3.05, 3.63) is 81.5 Å². The van der Waals surface area contributed by atoms with Crippen molar-refractivity contribution in [1.82, 2.24) is 4.90 Å². The molecule has 1 aliphatic carbocycles. The summed E-state index contributed by atoms with van der Waals surface area (Å²) in [5.41, 5.74) is 0.624. The van der Waals surface area contributed by atoms with Crippen LogP contribution in [0.4, 0.5) is 5.69 Å². The summed E-state index contributed by atoms with van der Waals surface area (Å²) in [6.45, 7) is 0.639. The SMILES string of the molecule is O=[N+]([O-])c1cccc(S(=O)(=O)N=C2C=C3N(CCO)CCOC3(O)c3ccccc32)c1. The van der Waals surface area contributed by atoms with Gasteiger partial charge >= 0.3 is 0 Å². The molecule has 10 nitrogen and oxygen atoms in total. The number of nitrogens with zero attached hydrogens (tertiary/aromatic N) is 3. The number of benzene rings is 2. The Morgan fingerprint density at radius 1 is 1.23 bits per heavy atom. The van der Waals surface area contributed by atoms with Gasteiger partial charge in [-0.05, 0) is 12.1 Å². The third kappa shape index (κ3) is 3.72. The molecule has 1 unspecified atom stereocenters. The average Bonchev–Trinajstić information content (AvgIpc) is 2.75. The maximum Gasteiger partial charge on any atom is 0.283 e. The monoisotopic (exact) mass is 445 g/mol. The molecule has 4 rings (SSSR count). The van der Waals surface area contributed by atoms with Gasteiger partial charge in [-0.2, -0.15) is 12.8 Å². The molecule has 0 amide bonds. The zero-order valence-electron chi connectivity index (χ0n) is 16.2. The Morgan fingerprint density at radius 3 is 2.74 bits per heavy atom. The van der Waals surface area contributed by atoms with Crippen LogP contribution in [0.2, 0.25) is 0 Å². The van der Waals surface area contributed by atoms with Crippen LogP contribution in [0.1, 0.15) is 11.1 Å². The van der Waals surface area contributed by atoms with E-state index in [-0.39, 0.29) is 41.8 Å². The largest absolute Gasteiger partial charge is 0.395 e. The number of aliphatic hydroxyl groups excluding tert-OH is 1. The fourth-order valence-corrected chi connectivity index (χ4v) is 4.73. The lowest BCUT2D eigenvalue weighted by atomic mass is 9.86. The molecule has 1 saturated heterocycles. The van der Waals surface area contributed by atoms with E-state index in [2.05, 4.69) is 4.40 Å². The molecule has 2 N–H and O–H groups in total. The van der Waals surface area contributed by atoms with Crippen molar-refractivity contribution in [2.24, 2.45) is 4.40 Å². The Hall–Kier alpha value is -3.12. The molecular formula is C20H19N3O7S. The summed E-state index contributed by atoms with van der Waals surface area (Å²) in [7, 11) is -4.30. The quantitative estimate of drug-likeness (QED) is 0.515. The van der Waals surface area contributed by atoms with Crippen molar-refractivity contribution in [1.29, 1.82) is 0 Å². The highest BCUT2D eigenvalue weighted by atomic mass is 32.2. The third-order valence-corrected chi connectivity index (χ3v) is 6.40. The average molecular weight is 445 g/mol. The van der Waals surface area contributed by atoms with E-state index in [1.807, 2.05) is 0 Å². The van der Waals surface area contributed by atoms with Crippen LogP contribution in [0.15, 0.2) is 69.6 Å². The second-order valence-corrected chi connectivity index (χ2v) is 8.59. The number of rotatable bonds is 5. The first-order chi connectivity index (χ1) is 14.8. The summed E-state index contributed by atoms with van der Waals surface area (Å²) in [5, 5.41) is 31.7. The minimum Gasteiger partial charge on any atom is -0.395 e. The Bertz CT molecular complexity index is 1210. The van der Waals surface area contributed by atoms with Crippen molar-refractivity contribution in [2.45, 2.75) is 10.7 Å². The van der Waals surface area contributed by atoms with E-state index in [9.17, 15) is 28.7 Å². The van der Waals surface area contributed by atoms with E-state index >= 15 is 0 Å². The lowest BCUT2D eigenvalue weighted by molar-refractivity contribution is -0.385. The highest BCUT2D eigenvalue weighted by molar-refractivity contribution is 7.90. The number of β-amino-alcohol motifs (C(OH)–C–C–N with tert-alkyl or cyclic N) is 1. The Morgan fingerprint density at radius 2 is 2.00 bits per heavy atom. The summed E-state index contributed by atoms with van der Waals surface area (Å²) in [6.07, 6.45) is 1.41. The van der Waals surface area contributed by atoms with Crippen LogP contribution in [0.3, 0.4) is 0 Å². The highest BCUT2D eigenvalue weighted by Gasteiger charge is 2.46. The molecule has 1 heterocycles. The van der Waals surface area contributed by atoms with Gasteiger partial charge in [-0.25, -0.2) is 0 Å². The number of ether oxygens (including phenoxy) is 1. The van der Waals surface area contributed by atoms with Crippen LogP contribution >= 0.6 is 0 Å². The maximum absolute atomic E-state index is 12.9. The lowest BCUT2D eigenvalue weighted by Gasteiger charge is -2.45. The summed E-state index contributed by atoms with van der Waals surface area (Å²) in [5.74, 6) is -1.81. The van der Waals surface area contributed by atoms with Crippen molar-refractivity contribution < 1.29 is 28.3 Å². The first-order valence-corrected chi connectivity index (χ1v) is 10.8. The van der Waals surface area contributed by atoms with E-state index < -0.39 is 20.7 Å². The zero-order chi connectivity index (χ0) is 22.2. The van der Waals surface area contributed by atoms with Crippen LogP contribution in [0.25, 0.3) is 0 Å². The van der Waals surface area contributed by atoms with E-state index in [1.54, 1.807) is 29.2 Å². The van der Waals surface area contributed by atoms with Gasteiger partial charge in [0.05, 0.1) is 34.4 Å². The number of non-ortho nitro benzene ring substituents is 1. The number of sulfonamides is 1. The number of hydrogen-bond acceptors (Lipinski definition) is 8. The number of hydrogen-bond donors (Lipinski definition) is 2. The zero-order valence-corrected chi connectivity index (χ0v) is 17.0. The van der Waals surface area contributed by atoms with Crippen molar-refractivity contribution in [3.63, 3.8) is 0 Å². The smallest absolute Gasteiger partial charge is 0.283 e. The van der Waals surface area contributed by atoms with Gasteiger partial charge in [0.1, 0.15) is 0 Å². The van der Waals surface area contributed by atoms with Crippen molar-refractivity contribution >= 4 is 21.4 Å². The van der Waals surface area contributed by atoms with Gasteiger partial charge in [-0.1, -0.05) is 30.3 Å². The van der Waals surface area contributed by atoms with Gasteiger partial charge in [0.25, 0.3) is 15.7 Å². The topological polar surface area (TPSA) is 143 Å². The molecule has 31 heavy (non-hydrogen) atoms. The first kappa shape index (κ1) is 21.1. The molecule has 0 aromatic heterocycles. The van der Waals surface area contributed by atoms with Crippen LogP contribution in [0.5, 0.6) is 0 Å². The van der Waals surface area contributed by atoms with E-state index in [1.165, 1.54) is 24.3 Å². The number of nitro groups is 1. The summed E-state index contributed by atoms with van der Waals surface area (Å²) >= 11 is 0. The summed E-state index contributed by atoms with van der Waals surface area (Å²) in [4.78, 5) is 11.7. The second kappa shape index (κ2) is 7.85. The van der Waals surface area contributed by atoms with Crippen LogP contribution in [-0.2, 0) is 20.5 Å². The molecule has 11 heteroatoms. The predicted molar refractivity (Wildman–Crippen MR) is 110 cm³/mol. The van der Waals surface area contributed by atoms with Crippen molar-refractivity contribution in [2.75, 3.05) is 26.3 Å². The Balaban J connectivity index is 1.88. The molecule has 0 radical (unpaired) electrons. The van der Waals surface area contributed by atoms with Gasteiger partial charge in [-0.15, -0.1) is 0 Å². The van der Waals surface area contributed by atoms with E-state index in [0.29, 0.717) is 17.7 Å². The standard InChI is InChI=1S/C20H19N3O7S/c24-10-8-22-9-11-30-20(25)17-7-2-1-6-16(17)18(13-19(20)22)21-31(28,29)15-5-3-4-14(12-15)23(26)27/h1-7,12-13,24-25H,8-11H2. The molecule has 1 atom stereocenters. The van der Waals surface area contributed by atoms with Crippen molar-refractivity contribution in [3.8, 4) is 0 Å². The first-order valence-electron chi connectivity index (χ1n) is 9.40. The minimum absolute atomic E-state index is 0.0511. The fraction of sp³-hybridized carbons (Fsp3) is 0.250.